The van der Waals surface area contributed by atoms with E-state index in [1.807, 2.05) is 6.07 Å². The lowest BCUT2D eigenvalue weighted by atomic mass is 10.2. The van der Waals surface area contributed by atoms with Gasteiger partial charge in [-0.15, -0.1) is 0 Å². The van der Waals surface area contributed by atoms with Crippen molar-refractivity contribution in [2.24, 2.45) is 4.99 Å². The molecule has 6 heteroatoms. The minimum Gasteiger partial charge on any atom is -0.295 e. The van der Waals surface area contributed by atoms with E-state index >= 15 is 0 Å². The molecule has 0 aliphatic rings. The quantitative estimate of drug-likeness (QED) is 0.755. The van der Waals surface area contributed by atoms with Gasteiger partial charge in [-0.3, -0.25) is 9.89 Å². The SMILES string of the molecule is CC(=Nc1ccccn1)c1c(C)[nH]n(-c2ccc(F)cc2)c1=O. The Morgan fingerprint density at radius 3 is 2.61 bits per heavy atom. The van der Waals surface area contributed by atoms with Crippen LogP contribution in [0.25, 0.3) is 5.69 Å². The summed E-state index contributed by atoms with van der Waals surface area (Å²) >= 11 is 0. The van der Waals surface area contributed by atoms with Crippen molar-refractivity contribution >= 4 is 11.5 Å². The number of nitrogens with one attached hydrogen (secondary N) is 1. The van der Waals surface area contributed by atoms with Crippen LogP contribution in [0.2, 0.25) is 0 Å². The fourth-order valence-electron chi connectivity index (χ4n) is 2.39. The first-order chi connectivity index (χ1) is 11.1. The summed E-state index contributed by atoms with van der Waals surface area (Å²) in [5.41, 5.74) is 2.09. The molecule has 0 saturated heterocycles. The van der Waals surface area contributed by atoms with Crippen LogP contribution >= 0.6 is 0 Å². The van der Waals surface area contributed by atoms with Crippen molar-refractivity contribution in [1.29, 1.82) is 0 Å². The summed E-state index contributed by atoms with van der Waals surface area (Å²) in [5, 5.41) is 3.00. The summed E-state index contributed by atoms with van der Waals surface area (Å²) < 4.78 is 14.4. The summed E-state index contributed by atoms with van der Waals surface area (Å²) in [7, 11) is 0. The molecule has 2 heterocycles. The maximum Gasteiger partial charge on any atom is 0.280 e. The number of rotatable bonds is 3. The Balaban J connectivity index is 2.06. The molecule has 0 atom stereocenters. The van der Waals surface area contributed by atoms with Gasteiger partial charge in [0, 0.05) is 11.9 Å². The molecule has 0 aliphatic carbocycles. The standard InChI is InChI=1S/C17H15FN4O/c1-11(20-15-5-3-4-10-19-15)16-12(2)21-22(17(16)23)14-8-6-13(18)7-9-14/h3-10,21H,1-2H3. The van der Waals surface area contributed by atoms with Crippen LogP contribution in [0.5, 0.6) is 0 Å². The molecule has 23 heavy (non-hydrogen) atoms. The fraction of sp³-hybridized carbons (Fsp3) is 0.118. The van der Waals surface area contributed by atoms with Crippen LogP contribution in [0, 0.1) is 12.7 Å². The van der Waals surface area contributed by atoms with Gasteiger partial charge in [0.05, 0.1) is 17.0 Å². The highest BCUT2D eigenvalue weighted by Crippen LogP contribution is 2.12. The Morgan fingerprint density at radius 2 is 1.96 bits per heavy atom. The molecule has 0 unspecified atom stereocenters. The van der Waals surface area contributed by atoms with Gasteiger partial charge in [0.2, 0.25) is 0 Å². The molecule has 0 radical (unpaired) electrons. The van der Waals surface area contributed by atoms with Gasteiger partial charge >= 0.3 is 0 Å². The van der Waals surface area contributed by atoms with Crippen molar-refractivity contribution in [1.82, 2.24) is 14.8 Å². The maximum atomic E-state index is 13.0. The second kappa shape index (κ2) is 6.00. The third kappa shape index (κ3) is 2.96. The molecule has 0 saturated carbocycles. The van der Waals surface area contributed by atoms with E-state index in [1.165, 1.54) is 16.8 Å². The number of aliphatic imine (C=N–C) groups is 1. The smallest absolute Gasteiger partial charge is 0.280 e. The molecule has 0 fully saturated rings. The van der Waals surface area contributed by atoms with Gasteiger partial charge in [0.15, 0.2) is 5.82 Å². The minimum absolute atomic E-state index is 0.230. The Labute approximate surface area is 132 Å². The van der Waals surface area contributed by atoms with Crippen LogP contribution < -0.4 is 5.56 Å². The van der Waals surface area contributed by atoms with Gasteiger partial charge in [0.25, 0.3) is 5.56 Å². The Kier molecular flexibility index (Phi) is 3.89. The molecule has 0 aliphatic heterocycles. The molecular formula is C17H15FN4O. The number of benzene rings is 1. The monoisotopic (exact) mass is 310 g/mol. The fourth-order valence-corrected chi connectivity index (χ4v) is 2.39. The van der Waals surface area contributed by atoms with Crippen molar-refractivity contribution in [3.8, 4) is 5.69 Å². The minimum atomic E-state index is -0.349. The Morgan fingerprint density at radius 1 is 1.22 bits per heavy atom. The number of aromatic amines is 1. The van der Waals surface area contributed by atoms with E-state index < -0.39 is 0 Å². The molecular weight excluding hydrogens is 295 g/mol. The molecule has 0 spiro atoms. The van der Waals surface area contributed by atoms with Crippen LogP contribution in [-0.4, -0.2) is 20.5 Å². The van der Waals surface area contributed by atoms with Crippen LogP contribution in [0.3, 0.4) is 0 Å². The van der Waals surface area contributed by atoms with Crippen LogP contribution in [0.1, 0.15) is 18.2 Å². The van der Waals surface area contributed by atoms with E-state index in [0.717, 1.165) is 0 Å². The highest BCUT2D eigenvalue weighted by atomic mass is 19.1. The number of hydrogen-bond acceptors (Lipinski definition) is 3. The lowest BCUT2D eigenvalue weighted by molar-refractivity contribution is 0.627. The van der Waals surface area contributed by atoms with E-state index in [2.05, 4.69) is 15.1 Å². The molecule has 116 valence electrons. The largest absolute Gasteiger partial charge is 0.295 e. The Hall–Kier alpha value is -3.02. The van der Waals surface area contributed by atoms with Crippen molar-refractivity contribution in [3.05, 3.63) is 76.1 Å². The van der Waals surface area contributed by atoms with E-state index in [9.17, 15) is 9.18 Å². The topological polar surface area (TPSA) is 63.0 Å². The first kappa shape index (κ1) is 14.9. The third-order valence-corrected chi connectivity index (χ3v) is 3.45. The van der Waals surface area contributed by atoms with E-state index in [4.69, 9.17) is 0 Å². The number of nitrogens with zero attached hydrogens (tertiary/aromatic N) is 3. The average Bonchev–Trinajstić information content (AvgIpc) is 2.84. The summed E-state index contributed by atoms with van der Waals surface area (Å²) in [5.74, 6) is 0.191. The third-order valence-electron chi connectivity index (χ3n) is 3.45. The number of aromatic nitrogens is 3. The summed E-state index contributed by atoms with van der Waals surface area (Å²) in [4.78, 5) is 21.2. The first-order valence-electron chi connectivity index (χ1n) is 7.10. The highest BCUT2D eigenvalue weighted by molar-refractivity contribution is 6.00. The lowest BCUT2D eigenvalue weighted by Gasteiger charge is -2.00. The lowest BCUT2D eigenvalue weighted by Crippen LogP contribution is -2.19. The molecule has 1 N–H and O–H groups in total. The predicted octanol–water partition coefficient (Wildman–Crippen LogP) is 3.15. The molecule has 0 bridgehead atoms. The summed E-state index contributed by atoms with van der Waals surface area (Å²) in [6.07, 6.45) is 1.65. The van der Waals surface area contributed by atoms with E-state index in [0.29, 0.717) is 28.5 Å². The van der Waals surface area contributed by atoms with Crippen LogP contribution in [0.15, 0.2) is 58.4 Å². The number of halogens is 1. The number of H-pyrrole nitrogens is 1. The van der Waals surface area contributed by atoms with Crippen LogP contribution in [-0.2, 0) is 0 Å². The van der Waals surface area contributed by atoms with Gasteiger partial charge in [0.1, 0.15) is 5.82 Å². The molecule has 1 aromatic carbocycles. The van der Waals surface area contributed by atoms with Crippen molar-refractivity contribution in [3.63, 3.8) is 0 Å². The van der Waals surface area contributed by atoms with Gasteiger partial charge in [-0.1, -0.05) is 6.07 Å². The van der Waals surface area contributed by atoms with Gasteiger partial charge < -0.3 is 0 Å². The van der Waals surface area contributed by atoms with E-state index in [1.54, 1.807) is 44.3 Å². The number of aryl methyl sites for hydroxylation is 1. The molecule has 3 rings (SSSR count). The maximum absolute atomic E-state index is 13.0. The zero-order valence-electron chi connectivity index (χ0n) is 12.7. The highest BCUT2D eigenvalue weighted by Gasteiger charge is 2.15. The average molecular weight is 310 g/mol. The van der Waals surface area contributed by atoms with Crippen molar-refractivity contribution in [2.45, 2.75) is 13.8 Å². The predicted molar refractivity (Wildman–Crippen MR) is 87.2 cm³/mol. The van der Waals surface area contributed by atoms with Crippen molar-refractivity contribution in [2.75, 3.05) is 0 Å². The first-order valence-corrected chi connectivity index (χ1v) is 7.10. The zero-order chi connectivity index (χ0) is 16.4. The number of pyridine rings is 1. The molecule has 5 nitrogen and oxygen atoms in total. The van der Waals surface area contributed by atoms with Gasteiger partial charge in [-0.05, 0) is 50.2 Å². The second-order valence-corrected chi connectivity index (χ2v) is 5.11. The number of hydrogen-bond donors (Lipinski definition) is 1. The van der Waals surface area contributed by atoms with Crippen LogP contribution in [0.4, 0.5) is 10.2 Å². The molecule has 0 amide bonds. The summed E-state index contributed by atoms with van der Waals surface area (Å²) in [6, 6.07) is 11.1. The van der Waals surface area contributed by atoms with Gasteiger partial charge in [-0.25, -0.2) is 19.0 Å². The van der Waals surface area contributed by atoms with Gasteiger partial charge in [-0.2, -0.15) is 0 Å². The molecule has 3 aromatic rings. The normalized spacial score (nSPS) is 11.7. The van der Waals surface area contributed by atoms with E-state index in [-0.39, 0.29) is 11.4 Å². The Bertz CT molecular complexity index is 908. The zero-order valence-corrected chi connectivity index (χ0v) is 12.7. The van der Waals surface area contributed by atoms with Crippen molar-refractivity contribution < 1.29 is 4.39 Å². The molecule has 2 aromatic heterocycles. The summed E-state index contributed by atoms with van der Waals surface area (Å²) in [6.45, 7) is 3.56. The second-order valence-electron chi connectivity index (χ2n) is 5.11.